The van der Waals surface area contributed by atoms with Crippen LogP contribution >= 0.6 is 0 Å². The first-order chi connectivity index (χ1) is 21.2. The summed E-state index contributed by atoms with van der Waals surface area (Å²) in [7, 11) is 0. The molecule has 0 aliphatic heterocycles. The van der Waals surface area contributed by atoms with E-state index in [9.17, 15) is 29.4 Å². The molecule has 2 unspecified atom stereocenters. The monoisotopic (exact) mass is 606 g/mol. The molecule has 44 heavy (non-hydrogen) atoms. The maximum Gasteiger partial charge on any atom is 0.343 e. The lowest BCUT2D eigenvalue weighted by Crippen LogP contribution is -2.24. The van der Waals surface area contributed by atoms with Crippen molar-refractivity contribution in [3.63, 3.8) is 0 Å². The quantitative estimate of drug-likeness (QED) is 0.139. The van der Waals surface area contributed by atoms with Crippen molar-refractivity contribution < 1.29 is 57.8 Å². The smallest absolute Gasteiger partial charge is 0.343 e. The van der Waals surface area contributed by atoms with E-state index in [1.165, 1.54) is 72.8 Å². The van der Waals surface area contributed by atoms with Crippen molar-refractivity contribution in [2.24, 2.45) is 0 Å². The number of carbonyl (C=O) groups excluding carboxylic acids is 4. The number of ether oxygens (including phenoxy) is 6. The Morgan fingerprint density at radius 1 is 0.545 bits per heavy atom. The van der Waals surface area contributed by atoms with Gasteiger partial charge >= 0.3 is 23.9 Å². The van der Waals surface area contributed by atoms with Crippen LogP contribution in [0.4, 0.5) is 0 Å². The number of carbonyl (C=O) groups is 4. The van der Waals surface area contributed by atoms with Crippen molar-refractivity contribution >= 4 is 23.9 Å². The van der Waals surface area contributed by atoms with E-state index in [1.54, 1.807) is 0 Å². The van der Waals surface area contributed by atoms with Gasteiger partial charge in [-0.1, -0.05) is 13.2 Å². The van der Waals surface area contributed by atoms with Crippen LogP contribution in [-0.2, 0) is 19.1 Å². The third-order valence-electron chi connectivity index (χ3n) is 5.48. The average molecular weight is 607 g/mol. The molecular formula is C32H30O12. The van der Waals surface area contributed by atoms with E-state index in [0.29, 0.717) is 11.5 Å². The molecule has 2 N–H and O–H groups in total. The Bertz CT molecular complexity index is 1320. The van der Waals surface area contributed by atoms with Crippen LogP contribution in [0.25, 0.3) is 0 Å². The van der Waals surface area contributed by atoms with E-state index in [1.807, 2.05) is 0 Å². The summed E-state index contributed by atoms with van der Waals surface area (Å²) < 4.78 is 31.0. The van der Waals surface area contributed by atoms with Gasteiger partial charge in [0.05, 0.1) is 11.1 Å². The van der Waals surface area contributed by atoms with Crippen LogP contribution in [0.3, 0.4) is 0 Å². The zero-order valence-corrected chi connectivity index (χ0v) is 23.5. The van der Waals surface area contributed by atoms with Gasteiger partial charge < -0.3 is 38.6 Å². The molecule has 0 amide bonds. The first-order valence-corrected chi connectivity index (χ1v) is 13.1. The maximum atomic E-state index is 12.5. The largest absolute Gasteiger partial charge is 0.491 e. The van der Waals surface area contributed by atoms with Gasteiger partial charge in [-0.3, -0.25) is 0 Å². The number of benzene rings is 3. The fourth-order valence-corrected chi connectivity index (χ4v) is 3.24. The lowest BCUT2D eigenvalue weighted by Gasteiger charge is -2.12. The third kappa shape index (κ3) is 11.1. The summed E-state index contributed by atoms with van der Waals surface area (Å²) in [4.78, 5) is 47.1. The molecule has 2 atom stereocenters. The molecule has 3 aromatic rings. The highest BCUT2D eigenvalue weighted by molar-refractivity contribution is 5.92. The summed E-state index contributed by atoms with van der Waals surface area (Å²) in [6.45, 7) is 5.77. The molecule has 230 valence electrons. The van der Waals surface area contributed by atoms with Crippen molar-refractivity contribution in [3.05, 3.63) is 109 Å². The zero-order chi connectivity index (χ0) is 31.9. The second-order valence-electron chi connectivity index (χ2n) is 8.90. The van der Waals surface area contributed by atoms with Crippen molar-refractivity contribution in [1.29, 1.82) is 0 Å². The molecule has 12 heteroatoms. The van der Waals surface area contributed by atoms with Crippen LogP contribution in [0.2, 0.25) is 0 Å². The van der Waals surface area contributed by atoms with Gasteiger partial charge in [0.25, 0.3) is 0 Å². The van der Waals surface area contributed by atoms with Gasteiger partial charge in [0, 0.05) is 12.2 Å². The van der Waals surface area contributed by atoms with Crippen LogP contribution in [0.15, 0.2) is 98.1 Å². The maximum absolute atomic E-state index is 12.5. The molecule has 0 saturated carbocycles. The topological polar surface area (TPSA) is 164 Å². The minimum absolute atomic E-state index is 0.131. The molecule has 0 radical (unpaired) electrons. The summed E-state index contributed by atoms with van der Waals surface area (Å²) in [5.41, 5.74) is 0.484. The second-order valence-corrected chi connectivity index (χ2v) is 8.90. The van der Waals surface area contributed by atoms with Crippen LogP contribution < -0.4 is 18.9 Å². The highest BCUT2D eigenvalue weighted by Gasteiger charge is 2.13. The summed E-state index contributed by atoms with van der Waals surface area (Å²) in [5, 5.41) is 19.6. The Kier molecular flexibility index (Phi) is 12.7. The van der Waals surface area contributed by atoms with Crippen molar-refractivity contribution in [2.45, 2.75) is 12.2 Å². The molecule has 12 nitrogen and oxygen atoms in total. The predicted molar refractivity (Wildman–Crippen MR) is 155 cm³/mol. The summed E-state index contributed by atoms with van der Waals surface area (Å²) >= 11 is 0. The number of rotatable bonds is 16. The number of esters is 4. The molecule has 3 rings (SSSR count). The highest BCUT2D eigenvalue weighted by Crippen LogP contribution is 2.21. The minimum Gasteiger partial charge on any atom is -0.491 e. The van der Waals surface area contributed by atoms with E-state index in [0.717, 1.165) is 12.2 Å². The Morgan fingerprint density at radius 2 is 0.864 bits per heavy atom. The van der Waals surface area contributed by atoms with E-state index >= 15 is 0 Å². The lowest BCUT2D eigenvalue weighted by molar-refractivity contribution is -0.142. The number of aliphatic hydroxyl groups excluding tert-OH is 2. The molecule has 0 saturated heterocycles. The van der Waals surface area contributed by atoms with E-state index in [2.05, 4.69) is 13.2 Å². The summed E-state index contributed by atoms with van der Waals surface area (Å²) in [6.07, 6.45) is -0.106. The molecule has 0 spiro atoms. The van der Waals surface area contributed by atoms with Gasteiger partial charge in [0.1, 0.15) is 61.6 Å². The molecule has 0 aliphatic carbocycles. The van der Waals surface area contributed by atoms with Crippen molar-refractivity contribution in [3.8, 4) is 23.0 Å². The first kappa shape index (κ1) is 33.0. The summed E-state index contributed by atoms with van der Waals surface area (Å²) in [5.74, 6) is -1.38. The molecule has 0 aliphatic rings. The second kappa shape index (κ2) is 16.9. The zero-order valence-electron chi connectivity index (χ0n) is 23.5. The van der Waals surface area contributed by atoms with Crippen molar-refractivity contribution in [2.75, 3.05) is 26.4 Å². The third-order valence-corrected chi connectivity index (χ3v) is 5.48. The van der Waals surface area contributed by atoms with Gasteiger partial charge in [-0.2, -0.15) is 0 Å². The fraction of sp³-hybridized carbons (Fsp3) is 0.188. The predicted octanol–water partition coefficient (Wildman–Crippen LogP) is 3.06. The first-order valence-electron chi connectivity index (χ1n) is 13.1. The molecule has 0 bridgehead atoms. The lowest BCUT2D eigenvalue weighted by atomic mass is 10.2. The van der Waals surface area contributed by atoms with Gasteiger partial charge in [-0.05, 0) is 72.8 Å². The van der Waals surface area contributed by atoms with Gasteiger partial charge in [-0.25, -0.2) is 19.2 Å². The van der Waals surface area contributed by atoms with Gasteiger partial charge in [-0.15, -0.1) is 0 Å². The molecule has 0 aromatic heterocycles. The number of hydrogen-bond acceptors (Lipinski definition) is 12. The molecular weight excluding hydrogens is 576 g/mol. The Hall–Kier alpha value is -5.46. The number of aliphatic hydroxyl groups is 2. The standard InChI is InChI=1S/C32H30O12/c1-3-29(35)41-19-23(33)17-39-25-9-5-21(6-10-25)31(37)43-27-13-15-28(16-14-27)44-32(38)22-7-11-26(12-8-22)40-18-24(34)20-42-30(36)4-2/h3-16,23-24,33-34H,1-2,17-20H2. The molecule has 0 heterocycles. The summed E-state index contributed by atoms with van der Waals surface area (Å²) in [6, 6.07) is 17.9. The SMILES string of the molecule is C=CC(=O)OCC(O)COc1ccc(C(=O)Oc2ccc(OC(=O)c3ccc(OCC(O)COC(=O)C=C)cc3)cc2)cc1. The van der Waals surface area contributed by atoms with Gasteiger partial charge in [0.2, 0.25) is 0 Å². The Morgan fingerprint density at radius 3 is 1.18 bits per heavy atom. The Balaban J connectivity index is 1.43. The van der Waals surface area contributed by atoms with Gasteiger partial charge in [0.15, 0.2) is 0 Å². The fourth-order valence-electron chi connectivity index (χ4n) is 3.24. The number of hydrogen-bond donors (Lipinski definition) is 2. The van der Waals surface area contributed by atoms with E-state index < -0.39 is 36.1 Å². The molecule has 0 fully saturated rings. The van der Waals surface area contributed by atoms with Crippen LogP contribution in [0.1, 0.15) is 20.7 Å². The van der Waals surface area contributed by atoms with Crippen LogP contribution in [0.5, 0.6) is 23.0 Å². The average Bonchev–Trinajstić information content (AvgIpc) is 3.05. The molecule has 3 aromatic carbocycles. The van der Waals surface area contributed by atoms with Crippen LogP contribution in [0, 0.1) is 0 Å². The van der Waals surface area contributed by atoms with E-state index in [-0.39, 0.29) is 49.1 Å². The Labute approximate surface area is 252 Å². The van der Waals surface area contributed by atoms with Crippen molar-refractivity contribution in [1.82, 2.24) is 0 Å². The normalized spacial score (nSPS) is 11.7. The van der Waals surface area contributed by atoms with Crippen LogP contribution in [-0.4, -0.2) is 72.7 Å². The minimum atomic E-state index is -1.04. The van der Waals surface area contributed by atoms with E-state index in [4.69, 9.17) is 28.4 Å². The highest BCUT2D eigenvalue weighted by atomic mass is 16.6.